The molecule has 2 aromatic carbocycles. The number of rotatable bonds is 5. The summed E-state index contributed by atoms with van der Waals surface area (Å²) < 4.78 is 4.85. The summed E-state index contributed by atoms with van der Waals surface area (Å²) in [4.78, 5) is 33.9. The number of non-ortho nitro benzene ring substituents is 1. The van der Waals surface area contributed by atoms with E-state index in [-0.39, 0.29) is 32.7 Å². The molecule has 0 unspecified atom stereocenters. The summed E-state index contributed by atoms with van der Waals surface area (Å²) in [6, 6.07) is 7.96. The van der Waals surface area contributed by atoms with Crippen molar-refractivity contribution in [3.05, 3.63) is 62.1 Å². The van der Waals surface area contributed by atoms with Crippen molar-refractivity contribution in [1.82, 2.24) is 0 Å². The lowest BCUT2D eigenvalue weighted by Gasteiger charge is -2.09. The maximum Gasteiger partial charge on any atom is 0.340 e. The van der Waals surface area contributed by atoms with E-state index in [4.69, 9.17) is 33.7 Å². The number of carbonyl (C=O) groups is 2. The van der Waals surface area contributed by atoms with Crippen molar-refractivity contribution in [2.75, 3.05) is 17.7 Å². The van der Waals surface area contributed by atoms with Crippen molar-refractivity contribution in [3.63, 3.8) is 0 Å². The number of nitro groups is 1. The van der Waals surface area contributed by atoms with E-state index in [1.165, 1.54) is 36.4 Å². The second-order valence-electron chi connectivity index (χ2n) is 4.78. The maximum absolute atomic E-state index is 12.0. The first-order chi connectivity index (χ1) is 11.8. The Bertz CT molecular complexity index is 857. The zero-order valence-electron chi connectivity index (χ0n) is 12.5. The number of ether oxygens (including phenoxy) is 1. The predicted octanol–water partition coefficient (Wildman–Crippen LogP) is 3.28. The van der Waals surface area contributed by atoms with Crippen LogP contribution in [-0.4, -0.2) is 23.4 Å². The number of nitrogens with one attached hydrogen (secondary N) is 1. The van der Waals surface area contributed by atoms with Crippen LogP contribution in [0.25, 0.3) is 0 Å². The Balaban J connectivity index is 1.99. The molecular weight excluding hydrogens is 373 g/mol. The van der Waals surface area contributed by atoms with Crippen LogP contribution in [0, 0.1) is 10.1 Å². The molecule has 0 atom stereocenters. The minimum absolute atomic E-state index is 0.0184. The van der Waals surface area contributed by atoms with Gasteiger partial charge in [-0.3, -0.25) is 14.9 Å². The summed E-state index contributed by atoms with van der Waals surface area (Å²) in [6.07, 6.45) is 0. The number of esters is 1. The van der Waals surface area contributed by atoms with Crippen molar-refractivity contribution >= 4 is 52.1 Å². The molecule has 10 heteroatoms. The molecule has 0 aliphatic rings. The Morgan fingerprint density at radius 2 is 1.96 bits per heavy atom. The molecule has 0 radical (unpaired) electrons. The molecule has 0 fully saturated rings. The number of carbonyl (C=O) groups excluding carboxylic acids is 2. The third-order valence-electron chi connectivity index (χ3n) is 2.99. The topological polar surface area (TPSA) is 125 Å². The van der Waals surface area contributed by atoms with Crippen LogP contribution in [0.2, 0.25) is 10.0 Å². The number of nitrogens with zero attached hydrogens (tertiary/aromatic N) is 1. The van der Waals surface area contributed by atoms with E-state index < -0.39 is 23.4 Å². The zero-order valence-corrected chi connectivity index (χ0v) is 14.0. The highest BCUT2D eigenvalue weighted by molar-refractivity contribution is 6.37. The van der Waals surface area contributed by atoms with Crippen LogP contribution in [0.4, 0.5) is 17.1 Å². The van der Waals surface area contributed by atoms with Crippen LogP contribution in [0.15, 0.2) is 36.4 Å². The van der Waals surface area contributed by atoms with Gasteiger partial charge in [-0.2, -0.15) is 0 Å². The number of nitro benzene ring substituents is 1. The van der Waals surface area contributed by atoms with Gasteiger partial charge in [0.15, 0.2) is 6.61 Å². The van der Waals surface area contributed by atoms with Crippen molar-refractivity contribution < 1.29 is 19.2 Å². The van der Waals surface area contributed by atoms with Gasteiger partial charge in [0.2, 0.25) is 0 Å². The monoisotopic (exact) mass is 383 g/mol. The van der Waals surface area contributed by atoms with Crippen molar-refractivity contribution in [2.45, 2.75) is 0 Å². The van der Waals surface area contributed by atoms with Gasteiger partial charge in [-0.1, -0.05) is 29.3 Å². The lowest BCUT2D eigenvalue weighted by atomic mass is 10.2. The average molecular weight is 384 g/mol. The molecule has 1 amide bonds. The molecule has 0 aliphatic heterocycles. The van der Waals surface area contributed by atoms with Gasteiger partial charge < -0.3 is 15.8 Å². The normalized spacial score (nSPS) is 10.2. The second kappa shape index (κ2) is 7.82. The minimum Gasteiger partial charge on any atom is -0.452 e. The summed E-state index contributed by atoms with van der Waals surface area (Å²) in [5, 5.41) is 13.3. The number of anilines is 2. The number of nitrogen functional groups attached to an aromatic ring is 1. The number of nitrogens with two attached hydrogens (primary N) is 1. The largest absolute Gasteiger partial charge is 0.452 e. The Labute approximate surface area is 151 Å². The molecule has 0 bridgehead atoms. The van der Waals surface area contributed by atoms with Gasteiger partial charge in [0.05, 0.1) is 21.2 Å². The predicted molar refractivity (Wildman–Crippen MR) is 92.9 cm³/mol. The number of halogens is 2. The Morgan fingerprint density at radius 3 is 2.64 bits per heavy atom. The molecule has 0 heterocycles. The molecule has 3 N–H and O–H groups in total. The summed E-state index contributed by atoms with van der Waals surface area (Å²) in [5.74, 6) is -1.56. The van der Waals surface area contributed by atoms with Gasteiger partial charge in [-0.05, 0) is 18.2 Å². The van der Waals surface area contributed by atoms with E-state index in [0.717, 1.165) is 0 Å². The van der Waals surface area contributed by atoms with Crippen molar-refractivity contribution in [1.29, 1.82) is 0 Å². The quantitative estimate of drug-likeness (QED) is 0.353. The fourth-order valence-corrected chi connectivity index (χ4v) is 2.35. The summed E-state index contributed by atoms with van der Waals surface area (Å²) in [5.41, 5.74) is 5.60. The fraction of sp³-hybridized carbons (Fsp3) is 0.0667. The molecule has 25 heavy (non-hydrogen) atoms. The maximum atomic E-state index is 12.0. The highest BCUT2D eigenvalue weighted by atomic mass is 35.5. The second-order valence-corrected chi connectivity index (χ2v) is 5.62. The molecule has 2 aromatic rings. The van der Waals surface area contributed by atoms with E-state index in [2.05, 4.69) is 5.32 Å². The van der Waals surface area contributed by atoms with E-state index in [1.54, 1.807) is 0 Å². The Morgan fingerprint density at radius 1 is 1.24 bits per heavy atom. The standard InChI is InChI=1S/C15H11Cl2N3O5/c16-8-4-11(14(18)12(17)5-8)15(22)25-7-13(21)19-9-2-1-3-10(6-9)20(23)24/h1-6H,7,18H2,(H,19,21). The molecule has 8 nitrogen and oxygen atoms in total. The van der Waals surface area contributed by atoms with Crippen molar-refractivity contribution in [2.24, 2.45) is 0 Å². The van der Waals surface area contributed by atoms with E-state index in [0.29, 0.717) is 0 Å². The summed E-state index contributed by atoms with van der Waals surface area (Å²) in [6.45, 7) is -0.620. The molecule has 130 valence electrons. The Kier molecular flexibility index (Phi) is 5.79. The molecule has 2 rings (SSSR count). The third kappa shape index (κ3) is 4.82. The van der Waals surface area contributed by atoms with E-state index in [9.17, 15) is 19.7 Å². The lowest BCUT2D eigenvalue weighted by molar-refractivity contribution is -0.384. The zero-order chi connectivity index (χ0) is 18.6. The van der Waals surface area contributed by atoms with Crippen LogP contribution >= 0.6 is 23.2 Å². The molecule has 0 spiro atoms. The first-order valence-electron chi connectivity index (χ1n) is 6.74. The van der Waals surface area contributed by atoms with Crippen LogP contribution in [0.1, 0.15) is 10.4 Å². The van der Waals surface area contributed by atoms with Gasteiger partial charge in [-0.25, -0.2) is 4.79 Å². The first kappa shape index (κ1) is 18.5. The summed E-state index contributed by atoms with van der Waals surface area (Å²) in [7, 11) is 0. The summed E-state index contributed by atoms with van der Waals surface area (Å²) >= 11 is 11.6. The van der Waals surface area contributed by atoms with Gasteiger partial charge in [0.1, 0.15) is 0 Å². The molecule has 0 saturated carbocycles. The molecular formula is C15H11Cl2N3O5. The van der Waals surface area contributed by atoms with Crippen LogP contribution in [0.3, 0.4) is 0 Å². The molecule has 0 aromatic heterocycles. The number of amides is 1. The molecule has 0 aliphatic carbocycles. The van der Waals surface area contributed by atoms with Gasteiger partial charge in [0.25, 0.3) is 11.6 Å². The minimum atomic E-state index is -0.879. The van der Waals surface area contributed by atoms with Gasteiger partial charge in [0, 0.05) is 22.8 Å². The van der Waals surface area contributed by atoms with Crippen molar-refractivity contribution in [3.8, 4) is 0 Å². The number of hydrogen-bond donors (Lipinski definition) is 2. The van der Waals surface area contributed by atoms with Crippen LogP contribution in [-0.2, 0) is 9.53 Å². The number of hydrogen-bond acceptors (Lipinski definition) is 6. The van der Waals surface area contributed by atoms with Gasteiger partial charge in [-0.15, -0.1) is 0 Å². The van der Waals surface area contributed by atoms with Crippen LogP contribution in [0.5, 0.6) is 0 Å². The molecule has 0 saturated heterocycles. The third-order valence-corrected chi connectivity index (χ3v) is 3.52. The SMILES string of the molecule is Nc1c(Cl)cc(Cl)cc1C(=O)OCC(=O)Nc1cccc([N+](=O)[O-])c1. The van der Waals surface area contributed by atoms with Gasteiger partial charge >= 0.3 is 5.97 Å². The lowest BCUT2D eigenvalue weighted by Crippen LogP contribution is -2.21. The van der Waals surface area contributed by atoms with Crippen LogP contribution < -0.4 is 11.1 Å². The first-order valence-corrected chi connectivity index (χ1v) is 7.49. The highest BCUT2D eigenvalue weighted by Crippen LogP contribution is 2.28. The highest BCUT2D eigenvalue weighted by Gasteiger charge is 2.17. The number of benzene rings is 2. The average Bonchev–Trinajstić information content (AvgIpc) is 2.56. The Hall–Kier alpha value is -2.84. The van der Waals surface area contributed by atoms with E-state index in [1.807, 2.05) is 0 Å². The van der Waals surface area contributed by atoms with E-state index >= 15 is 0 Å². The fourth-order valence-electron chi connectivity index (χ4n) is 1.86. The smallest absolute Gasteiger partial charge is 0.340 e.